The van der Waals surface area contributed by atoms with Gasteiger partial charge in [0.1, 0.15) is 12.2 Å². The molecule has 0 aliphatic rings. The first-order valence-electron chi connectivity index (χ1n) is 19.2. The Bertz CT molecular complexity index is 834. The van der Waals surface area contributed by atoms with Crippen LogP contribution in [0.2, 0.25) is 0 Å². The molecule has 0 aliphatic heterocycles. The molecule has 0 fully saturated rings. The molecule has 5 N–H and O–H groups in total. The van der Waals surface area contributed by atoms with Crippen LogP contribution >= 0.6 is 0 Å². The highest BCUT2D eigenvalue weighted by molar-refractivity contribution is 5.80. The maximum absolute atomic E-state index is 12.4. The van der Waals surface area contributed by atoms with Gasteiger partial charge in [0.15, 0.2) is 0 Å². The molecule has 0 saturated carbocycles. The zero-order chi connectivity index (χ0) is 34.6. The summed E-state index contributed by atoms with van der Waals surface area (Å²) < 4.78 is 0. The maximum atomic E-state index is 12.4. The van der Waals surface area contributed by atoms with Crippen molar-refractivity contribution in [2.45, 2.75) is 186 Å². The number of carbonyl (C=O) groups excluding carboxylic acids is 1. The van der Waals surface area contributed by atoms with E-state index in [-0.39, 0.29) is 0 Å². The lowest BCUT2D eigenvalue weighted by Gasteiger charge is -2.27. The third kappa shape index (κ3) is 29.9. The van der Waals surface area contributed by atoms with Crippen LogP contribution in [0.4, 0.5) is 0 Å². The number of amides is 1. The fraction of sp³-hybridized carbons (Fsp3) is 0.732. The smallest absolute Gasteiger partial charge is 0.249 e. The number of aliphatic hydroxyl groups excluding tert-OH is 4. The molecule has 0 aliphatic carbocycles. The molecule has 4 atom stereocenters. The summed E-state index contributed by atoms with van der Waals surface area (Å²) in [6.45, 7) is 3.93. The summed E-state index contributed by atoms with van der Waals surface area (Å²) in [5.41, 5.74) is 0. The lowest BCUT2D eigenvalue weighted by atomic mass is 10.00. The lowest BCUT2D eigenvalue weighted by molar-refractivity contribution is -0.132. The molecule has 0 rings (SSSR count). The summed E-state index contributed by atoms with van der Waals surface area (Å²) in [7, 11) is 0. The van der Waals surface area contributed by atoms with Gasteiger partial charge in [-0.2, -0.15) is 0 Å². The van der Waals surface area contributed by atoms with Gasteiger partial charge in [-0.1, -0.05) is 132 Å². The van der Waals surface area contributed by atoms with E-state index in [1.807, 2.05) is 0 Å². The van der Waals surface area contributed by atoms with Gasteiger partial charge < -0.3 is 25.7 Å². The topological polar surface area (TPSA) is 110 Å². The number of aliphatic hydroxyl groups is 4. The van der Waals surface area contributed by atoms with Crippen LogP contribution in [-0.4, -0.2) is 57.3 Å². The minimum absolute atomic E-state index is 0.343. The molecule has 6 heteroatoms. The van der Waals surface area contributed by atoms with E-state index in [0.717, 1.165) is 70.6 Å². The monoisotopic (exact) mass is 660 g/mol. The van der Waals surface area contributed by atoms with E-state index < -0.39 is 36.9 Å². The molecule has 0 radical (unpaired) electrons. The number of unbranched alkanes of at least 4 members (excludes halogenated alkanes) is 14. The molecule has 1 amide bonds. The summed E-state index contributed by atoms with van der Waals surface area (Å²) in [4.78, 5) is 12.4. The first kappa shape index (κ1) is 45.0. The molecule has 272 valence electrons. The van der Waals surface area contributed by atoms with Crippen LogP contribution < -0.4 is 5.32 Å². The van der Waals surface area contributed by atoms with Crippen molar-refractivity contribution in [1.29, 1.82) is 0 Å². The van der Waals surface area contributed by atoms with Crippen LogP contribution in [0.15, 0.2) is 60.8 Å². The van der Waals surface area contributed by atoms with Crippen LogP contribution in [0.3, 0.4) is 0 Å². The fourth-order valence-electron chi connectivity index (χ4n) is 5.27. The minimum Gasteiger partial charge on any atom is -0.394 e. The van der Waals surface area contributed by atoms with Crippen molar-refractivity contribution in [3.05, 3.63) is 60.8 Å². The maximum Gasteiger partial charge on any atom is 0.249 e. The van der Waals surface area contributed by atoms with Crippen molar-refractivity contribution < 1.29 is 25.2 Å². The minimum atomic E-state index is -1.30. The molecule has 0 aromatic heterocycles. The zero-order valence-electron chi connectivity index (χ0n) is 30.3. The van der Waals surface area contributed by atoms with Crippen molar-refractivity contribution in [3.63, 3.8) is 0 Å². The third-order valence-electron chi connectivity index (χ3n) is 8.41. The van der Waals surface area contributed by atoms with Gasteiger partial charge in [0.2, 0.25) is 5.91 Å². The standard InChI is InChI=1S/C41H73NO5/c1-3-5-7-9-11-13-15-17-19-21-23-25-27-29-31-33-35-39(45)41(47)42-37(36-43)40(46)38(44)34-32-30-28-26-24-22-20-18-16-14-12-10-8-6-4-2/h10-13,17-20,26,28,37-40,43-46H,3-9,14-16,21-25,27,29-36H2,1-2H3,(H,42,47)/b12-10+,13-11-,19-17-,20-18+,28-26+. The predicted octanol–water partition coefficient (Wildman–Crippen LogP) is 9.34. The van der Waals surface area contributed by atoms with Gasteiger partial charge in [0.25, 0.3) is 0 Å². The van der Waals surface area contributed by atoms with E-state index in [0.29, 0.717) is 19.3 Å². The number of hydrogen-bond donors (Lipinski definition) is 5. The molecule has 47 heavy (non-hydrogen) atoms. The summed E-state index contributed by atoms with van der Waals surface area (Å²) in [5.74, 6) is -0.613. The molecule has 0 heterocycles. The average molecular weight is 660 g/mol. The number of carbonyl (C=O) groups is 1. The van der Waals surface area contributed by atoms with Gasteiger partial charge >= 0.3 is 0 Å². The summed E-state index contributed by atoms with van der Waals surface area (Å²) >= 11 is 0. The third-order valence-corrected chi connectivity index (χ3v) is 8.41. The van der Waals surface area contributed by atoms with E-state index in [9.17, 15) is 25.2 Å². The Morgan fingerprint density at radius 3 is 1.53 bits per heavy atom. The van der Waals surface area contributed by atoms with E-state index in [1.165, 1.54) is 57.8 Å². The van der Waals surface area contributed by atoms with Crippen molar-refractivity contribution in [2.24, 2.45) is 0 Å². The van der Waals surface area contributed by atoms with Gasteiger partial charge in [-0.15, -0.1) is 0 Å². The average Bonchev–Trinajstić information content (AvgIpc) is 3.07. The van der Waals surface area contributed by atoms with Crippen LogP contribution in [0.5, 0.6) is 0 Å². The van der Waals surface area contributed by atoms with Gasteiger partial charge in [-0.05, 0) is 89.9 Å². The Hall–Kier alpha value is -1.99. The zero-order valence-corrected chi connectivity index (χ0v) is 30.3. The molecular formula is C41H73NO5. The van der Waals surface area contributed by atoms with Crippen molar-refractivity contribution in [1.82, 2.24) is 5.32 Å². The van der Waals surface area contributed by atoms with Crippen molar-refractivity contribution >= 4 is 5.91 Å². The predicted molar refractivity (Wildman–Crippen MR) is 200 cm³/mol. The Kier molecular flexibility index (Phi) is 33.8. The van der Waals surface area contributed by atoms with E-state index in [4.69, 9.17) is 0 Å². The Morgan fingerprint density at radius 1 is 0.532 bits per heavy atom. The van der Waals surface area contributed by atoms with Crippen LogP contribution in [0, 0.1) is 0 Å². The number of nitrogens with one attached hydrogen (secondary N) is 1. The molecule has 0 saturated heterocycles. The highest BCUT2D eigenvalue weighted by Gasteiger charge is 2.28. The first-order valence-corrected chi connectivity index (χ1v) is 19.2. The summed E-state index contributed by atoms with van der Waals surface area (Å²) in [6, 6.07) is -1.02. The molecule has 0 spiro atoms. The highest BCUT2D eigenvalue weighted by atomic mass is 16.3. The molecule has 4 unspecified atom stereocenters. The quantitative estimate of drug-likeness (QED) is 0.0356. The Balaban J connectivity index is 3.93. The fourth-order valence-corrected chi connectivity index (χ4v) is 5.27. The second-order valence-corrected chi connectivity index (χ2v) is 12.9. The number of allylic oxidation sites excluding steroid dienone is 10. The summed E-state index contributed by atoms with van der Waals surface area (Å²) in [6.07, 6.45) is 42.3. The highest BCUT2D eigenvalue weighted by Crippen LogP contribution is 2.13. The Labute approximate surface area is 289 Å². The van der Waals surface area contributed by atoms with E-state index in [2.05, 4.69) is 79.9 Å². The van der Waals surface area contributed by atoms with Crippen molar-refractivity contribution in [2.75, 3.05) is 6.61 Å². The van der Waals surface area contributed by atoms with Crippen LogP contribution in [0.25, 0.3) is 0 Å². The second-order valence-electron chi connectivity index (χ2n) is 12.9. The molecule has 6 nitrogen and oxygen atoms in total. The van der Waals surface area contributed by atoms with Crippen LogP contribution in [0.1, 0.15) is 162 Å². The SMILES string of the molecule is CCCC/C=C/CC/C=C/CC/C=C/CCCC(O)C(O)C(CO)NC(=O)C(O)CCCCCCCC/C=C\C/C=C\CCCCC. The lowest BCUT2D eigenvalue weighted by Crippen LogP contribution is -2.53. The van der Waals surface area contributed by atoms with Gasteiger partial charge in [-0.25, -0.2) is 0 Å². The first-order chi connectivity index (χ1) is 23.0. The van der Waals surface area contributed by atoms with E-state index in [1.54, 1.807) is 0 Å². The van der Waals surface area contributed by atoms with Crippen LogP contribution in [-0.2, 0) is 4.79 Å². The second kappa shape index (κ2) is 35.3. The van der Waals surface area contributed by atoms with Crippen molar-refractivity contribution in [3.8, 4) is 0 Å². The largest absolute Gasteiger partial charge is 0.394 e. The Morgan fingerprint density at radius 2 is 0.979 bits per heavy atom. The van der Waals surface area contributed by atoms with E-state index >= 15 is 0 Å². The molecule has 0 aromatic rings. The van der Waals surface area contributed by atoms with Gasteiger partial charge in [0, 0.05) is 0 Å². The number of rotatable bonds is 33. The van der Waals surface area contributed by atoms with Gasteiger partial charge in [0.05, 0.1) is 18.8 Å². The summed E-state index contributed by atoms with van der Waals surface area (Å²) in [5, 5.41) is 43.4. The molecule has 0 aromatic carbocycles. The normalized spacial score (nSPS) is 15.1. The molecule has 0 bridgehead atoms. The molecular weight excluding hydrogens is 586 g/mol. The van der Waals surface area contributed by atoms with Gasteiger partial charge in [-0.3, -0.25) is 4.79 Å². The number of hydrogen-bond acceptors (Lipinski definition) is 5.